The van der Waals surface area contributed by atoms with E-state index in [1.807, 2.05) is 30.3 Å². The predicted octanol–water partition coefficient (Wildman–Crippen LogP) is 2.57. The van der Waals surface area contributed by atoms with E-state index in [4.69, 9.17) is 9.47 Å². The summed E-state index contributed by atoms with van der Waals surface area (Å²) >= 11 is 0. The fourth-order valence-electron chi connectivity index (χ4n) is 2.63. The first kappa shape index (κ1) is 16.5. The van der Waals surface area contributed by atoms with Gasteiger partial charge in [-0.15, -0.1) is 0 Å². The molecule has 3 rings (SSSR count). The van der Waals surface area contributed by atoms with E-state index >= 15 is 0 Å². The van der Waals surface area contributed by atoms with E-state index in [0.717, 1.165) is 16.9 Å². The molecule has 0 saturated heterocycles. The summed E-state index contributed by atoms with van der Waals surface area (Å²) in [6.45, 7) is 0.707. The van der Waals surface area contributed by atoms with Crippen LogP contribution in [0.2, 0.25) is 0 Å². The van der Waals surface area contributed by atoms with E-state index in [1.165, 1.54) is 0 Å². The molecule has 1 unspecified atom stereocenters. The van der Waals surface area contributed by atoms with Crippen molar-refractivity contribution in [1.29, 1.82) is 0 Å². The summed E-state index contributed by atoms with van der Waals surface area (Å²) in [4.78, 5) is 14.3. The van der Waals surface area contributed by atoms with Crippen LogP contribution in [0.5, 0.6) is 11.5 Å². The average Bonchev–Trinajstić information content (AvgIpc) is 3.01. The first-order chi connectivity index (χ1) is 11.5. The molecule has 126 valence electrons. The van der Waals surface area contributed by atoms with E-state index in [-0.39, 0.29) is 12.7 Å². The molecule has 1 amide bonds. The van der Waals surface area contributed by atoms with Gasteiger partial charge in [-0.3, -0.25) is 9.00 Å². The van der Waals surface area contributed by atoms with Crippen LogP contribution in [0, 0.1) is 0 Å². The van der Waals surface area contributed by atoms with Crippen LogP contribution in [0.15, 0.2) is 42.5 Å². The summed E-state index contributed by atoms with van der Waals surface area (Å²) in [7, 11) is 0.830. The van der Waals surface area contributed by atoms with Crippen molar-refractivity contribution >= 4 is 16.7 Å². The molecule has 0 spiro atoms. The second-order valence-corrected chi connectivity index (χ2v) is 7.20. The molecule has 0 saturated carbocycles. The summed E-state index contributed by atoms with van der Waals surface area (Å²) in [5.41, 5.74) is 2.47. The lowest BCUT2D eigenvalue weighted by atomic mass is 10.1. The maximum atomic E-state index is 12.6. The fourth-order valence-corrected chi connectivity index (χ4v) is 3.28. The molecule has 1 aliphatic rings. The van der Waals surface area contributed by atoms with Crippen LogP contribution in [0.3, 0.4) is 0 Å². The van der Waals surface area contributed by atoms with Gasteiger partial charge < -0.3 is 14.4 Å². The number of rotatable bonds is 5. The minimum absolute atomic E-state index is 0.0728. The Balaban J connectivity index is 1.71. The number of carbonyl (C=O) groups is 1. The van der Waals surface area contributed by atoms with Crippen LogP contribution in [-0.4, -0.2) is 35.1 Å². The summed E-state index contributed by atoms with van der Waals surface area (Å²) < 4.78 is 22.0. The number of amides is 1. The van der Waals surface area contributed by atoms with E-state index in [0.29, 0.717) is 23.6 Å². The monoisotopic (exact) mass is 345 g/mol. The Hall–Kier alpha value is -2.34. The molecule has 24 heavy (non-hydrogen) atoms. The molecule has 1 heterocycles. The molecule has 1 aliphatic heterocycles. The third-order valence-electron chi connectivity index (χ3n) is 3.75. The first-order valence-corrected chi connectivity index (χ1v) is 9.28. The molecule has 6 heteroatoms. The Morgan fingerprint density at radius 2 is 1.92 bits per heavy atom. The summed E-state index contributed by atoms with van der Waals surface area (Å²) in [6, 6.07) is 13.0. The van der Waals surface area contributed by atoms with Crippen molar-refractivity contribution in [3.8, 4) is 11.5 Å². The Morgan fingerprint density at radius 1 is 1.12 bits per heavy atom. The van der Waals surface area contributed by atoms with Gasteiger partial charge >= 0.3 is 0 Å². The van der Waals surface area contributed by atoms with Crippen LogP contribution in [-0.2, 0) is 23.1 Å². The molecule has 2 aromatic carbocycles. The summed E-state index contributed by atoms with van der Waals surface area (Å²) in [6.07, 6.45) is 1.65. The zero-order chi connectivity index (χ0) is 17.1. The van der Waals surface area contributed by atoms with E-state index in [9.17, 15) is 9.00 Å². The van der Waals surface area contributed by atoms with Gasteiger partial charge in [0.15, 0.2) is 11.5 Å². The van der Waals surface area contributed by atoms with Gasteiger partial charge in [-0.2, -0.15) is 0 Å². The second kappa shape index (κ2) is 7.05. The van der Waals surface area contributed by atoms with Gasteiger partial charge in [-0.05, 0) is 35.4 Å². The number of carbonyl (C=O) groups excluding carboxylic acids is 1. The number of benzene rings is 2. The highest BCUT2D eigenvalue weighted by atomic mass is 32.2. The van der Waals surface area contributed by atoms with E-state index in [1.54, 1.807) is 30.3 Å². The molecular formula is C18H19NO4S. The normalized spacial score (nSPS) is 13.6. The molecule has 0 N–H and O–H groups in total. The van der Waals surface area contributed by atoms with Crippen LogP contribution in [0.4, 0.5) is 0 Å². The van der Waals surface area contributed by atoms with Crippen molar-refractivity contribution < 1.29 is 18.5 Å². The van der Waals surface area contributed by atoms with Crippen LogP contribution in [0.25, 0.3) is 0 Å². The van der Waals surface area contributed by atoms with Gasteiger partial charge in [0.1, 0.15) is 0 Å². The van der Waals surface area contributed by atoms with Crippen molar-refractivity contribution in [2.24, 2.45) is 0 Å². The SMILES string of the molecule is CN(Cc1ccc2c(c1)OCO2)C(=O)c1cccc(CS(C)=O)c1. The third-order valence-corrected chi connectivity index (χ3v) is 4.49. The lowest BCUT2D eigenvalue weighted by Gasteiger charge is -2.18. The van der Waals surface area contributed by atoms with Gasteiger partial charge in [-0.25, -0.2) is 0 Å². The molecule has 0 radical (unpaired) electrons. The number of hydrogen-bond donors (Lipinski definition) is 0. The summed E-state index contributed by atoms with van der Waals surface area (Å²) in [5, 5.41) is 0. The Kier molecular flexibility index (Phi) is 4.85. The highest BCUT2D eigenvalue weighted by Gasteiger charge is 2.16. The van der Waals surface area contributed by atoms with Gasteiger partial charge in [0.25, 0.3) is 5.91 Å². The van der Waals surface area contributed by atoms with Crippen molar-refractivity contribution in [3.05, 3.63) is 59.2 Å². The zero-order valence-corrected chi connectivity index (χ0v) is 14.5. The lowest BCUT2D eigenvalue weighted by molar-refractivity contribution is 0.0785. The zero-order valence-electron chi connectivity index (χ0n) is 13.7. The van der Waals surface area contributed by atoms with Gasteiger partial charge in [0, 0.05) is 42.0 Å². The smallest absolute Gasteiger partial charge is 0.253 e. The molecule has 0 fully saturated rings. The van der Waals surface area contributed by atoms with Crippen LogP contribution >= 0.6 is 0 Å². The Labute approximate surface area is 143 Å². The van der Waals surface area contributed by atoms with Gasteiger partial charge in [-0.1, -0.05) is 18.2 Å². The largest absolute Gasteiger partial charge is 0.454 e. The fraction of sp³-hybridized carbons (Fsp3) is 0.278. The van der Waals surface area contributed by atoms with Crippen molar-refractivity contribution in [2.75, 3.05) is 20.1 Å². The maximum absolute atomic E-state index is 12.6. The van der Waals surface area contributed by atoms with Crippen molar-refractivity contribution in [3.63, 3.8) is 0 Å². The summed E-state index contributed by atoms with van der Waals surface area (Å²) in [5.74, 6) is 1.82. The minimum Gasteiger partial charge on any atom is -0.454 e. The predicted molar refractivity (Wildman–Crippen MR) is 92.6 cm³/mol. The Bertz CT molecular complexity index is 790. The highest BCUT2D eigenvalue weighted by molar-refractivity contribution is 7.83. The van der Waals surface area contributed by atoms with E-state index in [2.05, 4.69) is 0 Å². The molecule has 2 aromatic rings. The third kappa shape index (κ3) is 3.76. The first-order valence-electron chi connectivity index (χ1n) is 7.56. The number of fused-ring (bicyclic) bond motifs is 1. The van der Waals surface area contributed by atoms with Gasteiger partial charge in [0.05, 0.1) is 0 Å². The number of ether oxygens (including phenoxy) is 2. The standard InChI is InChI=1S/C18H19NO4S/c1-19(10-13-6-7-16-17(9-13)23-12-22-16)18(20)15-5-3-4-14(8-15)11-24(2)21/h3-9H,10-12H2,1-2H3. The topological polar surface area (TPSA) is 55.8 Å². The Morgan fingerprint density at radius 3 is 2.71 bits per heavy atom. The number of hydrogen-bond acceptors (Lipinski definition) is 4. The molecule has 0 aliphatic carbocycles. The maximum Gasteiger partial charge on any atom is 0.253 e. The van der Waals surface area contributed by atoms with Crippen LogP contribution in [0.1, 0.15) is 21.5 Å². The average molecular weight is 345 g/mol. The van der Waals surface area contributed by atoms with Gasteiger partial charge in [0.2, 0.25) is 6.79 Å². The molecule has 5 nitrogen and oxygen atoms in total. The van der Waals surface area contributed by atoms with Crippen molar-refractivity contribution in [1.82, 2.24) is 4.90 Å². The molecule has 1 atom stereocenters. The van der Waals surface area contributed by atoms with Crippen molar-refractivity contribution in [2.45, 2.75) is 12.3 Å². The molecular weight excluding hydrogens is 326 g/mol. The second-order valence-electron chi connectivity index (χ2n) is 5.77. The van der Waals surface area contributed by atoms with Crippen LogP contribution < -0.4 is 9.47 Å². The lowest BCUT2D eigenvalue weighted by Crippen LogP contribution is -2.26. The highest BCUT2D eigenvalue weighted by Crippen LogP contribution is 2.32. The quantitative estimate of drug-likeness (QED) is 0.836. The van der Waals surface area contributed by atoms with E-state index < -0.39 is 10.8 Å². The number of nitrogens with zero attached hydrogens (tertiary/aromatic N) is 1. The minimum atomic E-state index is -0.931. The molecule has 0 aromatic heterocycles. The molecule has 0 bridgehead atoms.